The second kappa shape index (κ2) is 10.1. The molecular formula is C18H30N6O2. The van der Waals surface area contributed by atoms with Gasteiger partial charge in [0, 0.05) is 57.6 Å². The van der Waals surface area contributed by atoms with Crippen molar-refractivity contribution in [3.8, 4) is 0 Å². The fourth-order valence-corrected chi connectivity index (χ4v) is 2.94. The van der Waals surface area contributed by atoms with Gasteiger partial charge in [-0.15, -0.1) is 0 Å². The minimum Gasteiger partial charge on any atom is -0.353 e. The molecule has 144 valence electrons. The third kappa shape index (κ3) is 6.25. The Morgan fingerprint density at radius 1 is 1.19 bits per heavy atom. The molecule has 2 amide bonds. The molecule has 1 N–H and O–H groups in total. The van der Waals surface area contributed by atoms with Crippen molar-refractivity contribution in [1.29, 1.82) is 0 Å². The minimum absolute atomic E-state index is 0.00535. The van der Waals surface area contributed by atoms with E-state index in [9.17, 15) is 9.59 Å². The molecule has 0 atom stereocenters. The Morgan fingerprint density at radius 3 is 2.42 bits per heavy atom. The quantitative estimate of drug-likeness (QED) is 0.719. The molecule has 1 aliphatic rings. The molecule has 0 radical (unpaired) electrons. The van der Waals surface area contributed by atoms with Gasteiger partial charge in [0.05, 0.1) is 6.54 Å². The monoisotopic (exact) mass is 362 g/mol. The Morgan fingerprint density at radius 2 is 1.85 bits per heavy atom. The third-order valence-corrected chi connectivity index (χ3v) is 4.37. The largest absolute Gasteiger partial charge is 0.353 e. The molecule has 1 fully saturated rings. The zero-order valence-corrected chi connectivity index (χ0v) is 16.0. The first-order chi connectivity index (χ1) is 12.5. The number of hydrogen-bond donors (Lipinski definition) is 1. The van der Waals surface area contributed by atoms with Crippen LogP contribution in [0.2, 0.25) is 0 Å². The van der Waals surface area contributed by atoms with Crippen molar-refractivity contribution in [2.24, 2.45) is 0 Å². The Labute approximate surface area is 155 Å². The predicted octanol–water partition coefficient (Wildman–Crippen LogP) is 0.362. The second-order valence-corrected chi connectivity index (χ2v) is 6.76. The number of nitrogens with one attached hydrogen (secondary N) is 1. The lowest BCUT2D eigenvalue weighted by atomic mass is 10.2. The van der Waals surface area contributed by atoms with E-state index in [2.05, 4.69) is 20.2 Å². The van der Waals surface area contributed by atoms with Crippen molar-refractivity contribution >= 4 is 17.8 Å². The molecule has 0 aliphatic carbocycles. The second-order valence-electron chi connectivity index (χ2n) is 6.76. The van der Waals surface area contributed by atoms with Gasteiger partial charge in [0.15, 0.2) is 0 Å². The number of anilines is 1. The number of aromatic nitrogens is 2. The summed E-state index contributed by atoms with van der Waals surface area (Å²) in [6.45, 7) is 10.4. The van der Waals surface area contributed by atoms with Crippen molar-refractivity contribution in [1.82, 2.24) is 25.1 Å². The van der Waals surface area contributed by atoms with Crippen LogP contribution in [0.4, 0.5) is 5.95 Å². The third-order valence-electron chi connectivity index (χ3n) is 4.37. The molecule has 1 aliphatic heterocycles. The zero-order valence-electron chi connectivity index (χ0n) is 16.0. The highest BCUT2D eigenvalue weighted by atomic mass is 16.2. The van der Waals surface area contributed by atoms with Crippen molar-refractivity contribution < 1.29 is 9.59 Å². The minimum atomic E-state index is 0.00535. The first-order valence-electron chi connectivity index (χ1n) is 9.31. The highest BCUT2D eigenvalue weighted by Crippen LogP contribution is 2.10. The van der Waals surface area contributed by atoms with Crippen LogP contribution in [-0.2, 0) is 9.59 Å². The van der Waals surface area contributed by atoms with Crippen molar-refractivity contribution in [3.05, 3.63) is 18.5 Å². The predicted molar refractivity (Wildman–Crippen MR) is 101 cm³/mol. The Balaban J connectivity index is 1.73. The number of carbonyl (C=O) groups excluding carboxylic acids is 2. The number of nitrogens with zero attached hydrogens (tertiary/aromatic N) is 5. The van der Waals surface area contributed by atoms with Gasteiger partial charge >= 0.3 is 0 Å². The van der Waals surface area contributed by atoms with E-state index >= 15 is 0 Å². The highest BCUT2D eigenvalue weighted by Gasteiger charge is 2.22. The molecule has 1 aromatic rings. The molecule has 2 rings (SSSR count). The number of piperazine rings is 1. The molecule has 0 unspecified atom stereocenters. The fraction of sp³-hybridized carbons (Fsp3) is 0.667. The average Bonchev–Trinajstić information content (AvgIpc) is 2.65. The average molecular weight is 362 g/mol. The first kappa shape index (κ1) is 20.1. The topological polar surface area (TPSA) is 81.7 Å². The van der Waals surface area contributed by atoms with E-state index in [1.807, 2.05) is 30.6 Å². The van der Waals surface area contributed by atoms with E-state index < -0.39 is 0 Å². The number of likely N-dealkylation sites (N-methyl/N-ethyl adjacent to an activating group) is 1. The lowest BCUT2D eigenvalue weighted by Crippen LogP contribution is -2.50. The smallest absolute Gasteiger partial charge is 0.234 e. The summed E-state index contributed by atoms with van der Waals surface area (Å²) in [5.74, 6) is 0.861. The van der Waals surface area contributed by atoms with E-state index in [0.717, 1.165) is 19.6 Å². The van der Waals surface area contributed by atoms with Crippen LogP contribution in [0.3, 0.4) is 0 Å². The van der Waals surface area contributed by atoms with E-state index in [4.69, 9.17) is 0 Å². The van der Waals surface area contributed by atoms with Gasteiger partial charge in [-0.1, -0.05) is 6.92 Å². The summed E-state index contributed by atoms with van der Waals surface area (Å²) in [5.41, 5.74) is 0. The summed E-state index contributed by atoms with van der Waals surface area (Å²) < 4.78 is 0. The maximum absolute atomic E-state index is 12.5. The van der Waals surface area contributed by atoms with Crippen LogP contribution in [0.25, 0.3) is 0 Å². The van der Waals surface area contributed by atoms with Gasteiger partial charge in [-0.25, -0.2) is 9.97 Å². The van der Waals surface area contributed by atoms with E-state index in [-0.39, 0.29) is 17.9 Å². The SMILES string of the molecule is CCN(CCC(=O)N1CCN(c2ncccn2)CC1)CC(=O)NC(C)C. The standard InChI is InChI=1S/C18H30N6O2/c1-4-22(14-16(25)21-15(2)3)9-6-17(26)23-10-12-24(13-11-23)18-19-7-5-8-20-18/h5,7-8,15H,4,6,9-14H2,1-3H3,(H,21,25). The van der Waals surface area contributed by atoms with Crippen LogP contribution in [-0.4, -0.2) is 83.4 Å². The van der Waals surface area contributed by atoms with Gasteiger partial charge in [-0.05, 0) is 26.5 Å². The lowest BCUT2D eigenvalue weighted by Gasteiger charge is -2.35. The molecule has 0 spiro atoms. The normalized spacial score (nSPS) is 14.8. The Hall–Kier alpha value is -2.22. The van der Waals surface area contributed by atoms with Crippen LogP contribution < -0.4 is 10.2 Å². The summed E-state index contributed by atoms with van der Waals surface area (Å²) in [4.78, 5) is 38.9. The summed E-state index contributed by atoms with van der Waals surface area (Å²) in [6.07, 6.45) is 3.90. The molecular weight excluding hydrogens is 332 g/mol. The molecule has 0 aromatic carbocycles. The summed E-state index contributed by atoms with van der Waals surface area (Å²) in [6, 6.07) is 1.93. The molecule has 2 heterocycles. The van der Waals surface area contributed by atoms with E-state index in [1.54, 1.807) is 18.5 Å². The molecule has 0 bridgehead atoms. The van der Waals surface area contributed by atoms with Crippen LogP contribution in [0.15, 0.2) is 18.5 Å². The Kier molecular flexibility index (Phi) is 7.77. The van der Waals surface area contributed by atoms with E-state index in [0.29, 0.717) is 38.5 Å². The van der Waals surface area contributed by atoms with Gasteiger partial charge in [-0.3, -0.25) is 14.5 Å². The molecule has 8 nitrogen and oxygen atoms in total. The number of rotatable bonds is 8. The first-order valence-corrected chi connectivity index (χ1v) is 9.31. The Bertz CT molecular complexity index is 572. The van der Waals surface area contributed by atoms with Crippen LogP contribution in [0, 0.1) is 0 Å². The van der Waals surface area contributed by atoms with Crippen molar-refractivity contribution in [2.45, 2.75) is 33.2 Å². The van der Waals surface area contributed by atoms with Gasteiger partial charge in [0.1, 0.15) is 0 Å². The summed E-state index contributed by atoms with van der Waals surface area (Å²) in [5, 5.41) is 2.89. The maximum atomic E-state index is 12.5. The molecule has 26 heavy (non-hydrogen) atoms. The number of hydrogen-bond acceptors (Lipinski definition) is 6. The summed E-state index contributed by atoms with van der Waals surface area (Å²) in [7, 11) is 0. The van der Waals surface area contributed by atoms with E-state index in [1.165, 1.54) is 0 Å². The van der Waals surface area contributed by atoms with Crippen LogP contribution >= 0.6 is 0 Å². The number of amides is 2. The molecule has 0 saturated carbocycles. The van der Waals surface area contributed by atoms with Crippen LogP contribution in [0.5, 0.6) is 0 Å². The number of carbonyl (C=O) groups is 2. The summed E-state index contributed by atoms with van der Waals surface area (Å²) >= 11 is 0. The maximum Gasteiger partial charge on any atom is 0.234 e. The highest BCUT2D eigenvalue weighted by molar-refractivity contribution is 5.79. The van der Waals surface area contributed by atoms with Crippen molar-refractivity contribution in [2.75, 3.05) is 50.7 Å². The molecule has 8 heteroatoms. The van der Waals surface area contributed by atoms with Crippen molar-refractivity contribution in [3.63, 3.8) is 0 Å². The fourth-order valence-electron chi connectivity index (χ4n) is 2.94. The molecule has 1 saturated heterocycles. The molecule has 1 aromatic heterocycles. The van der Waals surface area contributed by atoms with Gasteiger partial charge in [-0.2, -0.15) is 0 Å². The van der Waals surface area contributed by atoms with Crippen LogP contribution in [0.1, 0.15) is 27.2 Å². The van der Waals surface area contributed by atoms with Gasteiger partial charge in [0.2, 0.25) is 17.8 Å². The van der Waals surface area contributed by atoms with Gasteiger partial charge in [0.25, 0.3) is 0 Å². The lowest BCUT2D eigenvalue weighted by molar-refractivity contribution is -0.132. The zero-order chi connectivity index (χ0) is 18.9. The van der Waals surface area contributed by atoms with Gasteiger partial charge < -0.3 is 15.1 Å².